The molecule has 144 valence electrons. The molecular weight excluding hydrogens is 360 g/mol. The fourth-order valence-corrected chi connectivity index (χ4v) is 2.64. The molecule has 2 amide bonds. The molecule has 0 spiro atoms. The lowest BCUT2D eigenvalue weighted by atomic mass is 10.1. The van der Waals surface area contributed by atoms with Gasteiger partial charge >= 0.3 is 0 Å². The van der Waals surface area contributed by atoms with Crippen LogP contribution in [0.1, 0.15) is 20.9 Å². The van der Waals surface area contributed by atoms with Crippen LogP contribution in [0.15, 0.2) is 65.3 Å². The van der Waals surface area contributed by atoms with E-state index in [0.29, 0.717) is 28.4 Å². The lowest BCUT2D eigenvalue weighted by Crippen LogP contribution is -2.26. The van der Waals surface area contributed by atoms with Gasteiger partial charge in [0, 0.05) is 30.1 Å². The predicted molar refractivity (Wildman–Crippen MR) is 105 cm³/mol. The fraction of sp³-hybridized carbons (Fsp3) is 0.143. The number of nitrogens with zero attached hydrogens (tertiary/aromatic N) is 1. The summed E-state index contributed by atoms with van der Waals surface area (Å²) in [5, 5.41) is 2.71. The van der Waals surface area contributed by atoms with Gasteiger partial charge in [-0.1, -0.05) is 0 Å². The number of hydrogen-bond donors (Lipinski definition) is 1. The first kappa shape index (κ1) is 19.0. The van der Waals surface area contributed by atoms with Crippen LogP contribution in [0.4, 0.5) is 11.4 Å². The molecule has 0 bridgehead atoms. The van der Waals surface area contributed by atoms with Crippen LogP contribution in [0, 0.1) is 0 Å². The standard InChI is InChI=1S/C21H20N2O5/c1-23(16-10-11-17(26-2)19(13-16)27-3)21(25)14-6-8-15(9-7-14)22-20(24)18-5-4-12-28-18/h4-13H,1-3H3,(H,22,24). The molecule has 1 aromatic heterocycles. The van der Waals surface area contributed by atoms with Crippen molar-refractivity contribution in [2.75, 3.05) is 31.5 Å². The topological polar surface area (TPSA) is 81.0 Å². The smallest absolute Gasteiger partial charge is 0.291 e. The summed E-state index contributed by atoms with van der Waals surface area (Å²) in [7, 11) is 4.77. The fourth-order valence-electron chi connectivity index (χ4n) is 2.64. The van der Waals surface area contributed by atoms with Gasteiger partial charge in [0.1, 0.15) is 0 Å². The molecule has 0 saturated heterocycles. The van der Waals surface area contributed by atoms with Crippen LogP contribution < -0.4 is 19.7 Å². The molecule has 0 aliphatic carbocycles. The van der Waals surface area contributed by atoms with Crippen molar-refractivity contribution >= 4 is 23.2 Å². The number of rotatable bonds is 6. The molecule has 2 aromatic carbocycles. The van der Waals surface area contributed by atoms with Gasteiger partial charge in [-0.05, 0) is 48.5 Å². The van der Waals surface area contributed by atoms with Crippen molar-refractivity contribution in [2.45, 2.75) is 0 Å². The third-order valence-corrected chi connectivity index (χ3v) is 4.19. The van der Waals surface area contributed by atoms with Gasteiger partial charge < -0.3 is 24.1 Å². The maximum absolute atomic E-state index is 12.8. The molecule has 0 atom stereocenters. The van der Waals surface area contributed by atoms with Crippen molar-refractivity contribution in [3.05, 3.63) is 72.2 Å². The average Bonchev–Trinajstić information content (AvgIpc) is 3.28. The maximum atomic E-state index is 12.8. The van der Waals surface area contributed by atoms with Crippen molar-refractivity contribution in [2.24, 2.45) is 0 Å². The molecule has 3 rings (SSSR count). The van der Waals surface area contributed by atoms with E-state index >= 15 is 0 Å². The number of hydrogen-bond acceptors (Lipinski definition) is 5. The Morgan fingerprint density at radius 1 is 0.964 bits per heavy atom. The normalized spacial score (nSPS) is 10.2. The van der Waals surface area contributed by atoms with E-state index in [0.717, 1.165) is 0 Å². The van der Waals surface area contributed by atoms with Gasteiger partial charge in [-0.2, -0.15) is 0 Å². The summed E-state index contributed by atoms with van der Waals surface area (Å²) >= 11 is 0. The first-order valence-corrected chi connectivity index (χ1v) is 8.48. The Bertz CT molecular complexity index is 965. The van der Waals surface area contributed by atoms with E-state index < -0.39 is 0 Å². The van der Waals surface area contributed by atoms with Crippen LogP contribution in [-0.2, 0) is 0 Å². The van der Waals surface area contributed by atoms with E-state index in [1.54, 1.807) is 75.9 Å². The average molecular weight is 380 g/mol. The Morgan fingerprint density at radius 3 is 2.29 bits per heavy atom. The second kappa shape index (κ2) is 8.30. The third kappa shape index (κ3) is 3.98. The first-order chi connectivity index (χ1) is 13.5. The molecule has 7 heteroatoms. The summed E-state index contributed by atoms with van der Waals surface area (Å²) in [5.41, 5.74) is 1.71. The summed E-state index contributed by atoms with van der Waals surface area (Å²) in [6.07, 6.45) is 1.43. The van der Waals surface area contributed by atoms with Gasteiger partial charge in [-0.25, -0.2) is 0 Å². The highest BCUT2D eigenvalue weighted by Gasteiger charge is 2.16. The first-order valence-electron chi connectivity index (χ1n) is 8.48. The van der Waals surface area contributed by atoms with Gasteiger partial charge in [0.05, 0.1) is 20.5 Å². The number of nitrogens with one attached hydrogen (secondary N) is 1. The minimum atomic E-state index is -0.355. The van der Waals surface area contributed by atoms with Crippen LogP contribution in [0.3, 0.4) is 0 Å². The van der Waals surface area contributed by atoms with Crippen molar-refractivity contribution in [3.8, 4) is 11.5 Å². The Balaban J connectivity index is 1.72. The number of carbonyl (C=O) groups excluding carboxylic acids is 2. The highest BCUT2D eigenvalue weighted by atomic mass is 16.5. The molecule has 0 unspecified atom stereocenters. The van der Waals surface area contributed by atoms with E-state index in [-0.39, 0.29) is 17.6 Å². The number of anilines is 2. The zero-order valence-corrected chi connectivity index (χ0v) is 15.8. The Hall–Kier alpha value is -3.74. The summed E-state index contributed by atoms with van der Waals surface area (Å²) < 4.78 is 15.6. The van der Waals surface area contributed by atoms with E-state index in [2.05, 4.69) is 5.32 Å². The SMILES string of the molecule is COc1ccc(N(C)C(=O)c2ccc(NC(=O)c3ccco3)cc2)cc1OC. The van der Waals surface area contributed by atoms with Crippen molar-refractivity contribution < 1.29 is 23.5 Å². The highest BCUT2D eigenvalue weighted by Crippen LogP contribution is 2.31. The zero-order valence-electron chi connectivity index (χ0n) is 15.8. The van der Waals surface area contributed by atoms with Gasteiger partial charge in [0.15, 0.2) is 17.3 Å². The summed E-state index contributed by atoms with van der Waals surface area (Å²) in [6.45, 7) is 0. The second-order valence-electron chi connectivity index (χ2n) is 5.91. The molecule has 3 aromatic rings. The Kier molecular flexibility index (Phi) is 5.64. The summed E-state index contributed by atoms with van der Waals surface area (Å²) in [4.78, 5) is 26.3. The Morgan fingerprint density at radius 2 is 1.68 bits per heavy atom. The third-order valence-electron chi connectivity index (χ3n) is 4.19. The number of ether oxygens (including phenoxy) is 2. The van der Waals surface area contributed by atoms with Crippen molar-refractivity contribution in [1.82, 2.24) is 0 Å². The minimum absolute atomic E-state index is 0.198. The van der Waals surface area contributed by atoms with Gasteiger partial charge in [-0.3, -0.25) is 9.59 Å². The quantitative estimate of drug-likeness (QED) is 0.703. The lowest BCUT2D eigenvalue weighted by molar-refractivity contribution is 0.0988. The van der Waals surface area contributed by atoms with E-state index in [1.807, 2.05) is 0 Å². The number of carbonyl (C=O) groups is 2. The zero-order chi connectivity index (χ0) is 20.1. The van der Waals surface area contributed by atoms with Gasteiger partial charge in [-0.15, -0.1) is 0 Å². The molecule has 0 fully saturated rings. The van der Waals surface area contributed by atoms with Gasteiger partial charge in [0.25, 0.3) is 11.8 Å². The molecule has 0 radical (unpaired) electrons. The Labute approximate surface area is 162 Å². The van der Waals surface area contributed by atoms with Crippen LogP contribution >= 0.6 is 0 Å². The number of benzene rings is 2. The number of methoxy groups -OCH3 is 2. The van der Waals surface area contributed by atoms with Crippen molar-refractivity contribution in [3.63, 3.8) is 0 Å². The lowest BCUT2D eigenvalue weighted by Gasteiger charge is -2.19. The largest absolute Gasteiger partial charge is 0.493 e. The number of amides is 2. The van der Waals surface area contributed by atoms with E-state index in [4.69, 9.17) is 13.9 Å². The molecule has 7 nitrogen and oxygen atoms in total. The second-order valence-corrected chi connectivity index (χ2v) is 5.91. The van der Waals surface area contributed by atoms with Crippen molar-refractivity contribution in [1.29, 1.82) is 0 Å². The molecule has 0 aliphatic rings. The van der Waals surface area contributed by atoms with E-state index in [1.165, 1.54) is 11.2 Å². The van der Waals surface area contributed by atoms with Crippen LogP contribution in [0.2, 0.25) is 0 Å². The van der Waals surface area contributed by atoms with Gasteiger partial charge in [0.2, 0.25) is 0 Å². The summed E-state index contributed by atoms with van der Waals surface area (Å²) in [6, 6.07) is 15.1. The van der Waals surface area contributed by atoms with Crippen LogP contribution in [-0.4, -0.2) is 33.1 Å². The molecule has 28 heavy (non-hydrogen) atoms. The maximum Gasteiger partial charge on any atom is 0.291 e. The molecule has 1 heterocycles. The van der Waals surface area contributed by atoms with Crippen LogP contribution in [0.25, 0.3) is 0 Å². The molecule has 1 N–H and O–H groups in total. The monoisotopic (exact) mass is 380 g/mol. The molecule has 0 aliphatic heterocycles. The minimum Gasteiger partial charge on any atom is -0.493 e. The molecular formula is C21H20N2O5. The predicted octanol–water partition coefficient (Wildman–Crippen LogP) is 3.83. The number of furan rings is 1. The summed E-state index contributed by atoms with van der Waals surface area (Å²) in [5.74, 6) is 0.787. The highest BCUT2D eigenvalue weighted by molar-refractivity contribution is 6.06. The molecule has 0 saturated carbocycles. The van der Waals surface area contributed by atoms with Crippen LogP contribution in [0.5, 0.6) is 11.5 Å². The van der Waals surface area contributed by atoms with E-state index in [9.17, 15) is 9.59 Å².